The van der Waals surface area contributed by atoms with E-state index in [4.69, 9.17) is 5.73 Å². The summed E-state index contributed by atoms with van der Waals surface area (Å²) in [6.07, 6.45) is 1.75. The van der Waals surface area contributed by atoms with Gasteiger partial charge in [0, 0.05) is 18.8 Å². The van der Waals surface area contributed by atoms with E-state index < -0.39 is 5.91 Å². The Labute approximate surface area is 118 Å². The number of primary amides is 1. The fourth-order valence-corrected chi connectivity index (χ4v) is 1.92. The third kappa shape index (κ3) is 3.24. The predicted octanol–water partition coefficient (Wildman–Crippen LogP) is 1.78. The number of nitrogens with two attached hydrogens (primary N) is 1. The largest absolute Gasteiger partial charge is 0.364 e. The topological polar surface area (TPSA) is 72.9 Å². The van der Waals surface area contributed by atoms with Gasteiger partial charge in [0.1, 0.15) is 5.69 Å². The molecular weight excluding hydrogens is 252 g/mol. The van der Waals surface area contributed by atoms with Crippen LogP contribution in [0.5, 0.6) is 0 Å². The number of amides is 1. The van der Waals surface area contributed by atoms with Gasteiger partial charge in [-0.1, -0.05) is 26.0 Å². The normalized spacial score (nSPS) is 11.0. The fraction of sp³-hybridized carbons (Fsp3) is 0.333. The second kappa shape index (κ2) is 5.88. The van der Waals surface area contributed by atoms with E-state index in [-0.39, 0.29) is 5.69 Å². The predicted molar refractivity (Wildman–Crippen MR) is 78.8 cm³/mol. The van der Waals surface area contributed by atoms with Crippen LogP contribution in [-0.2, 0) is 6.54 Å². The minimum Gasteiger partial charge on any atom is -0.364 e. The lowest BCUT2D eigenvalue weighted by Crippen LogP contribution is -2.21. The number of rotatable bonds is 5. The van der Waals surface area contributed by atoms with Gasteiger partial charge in [0.05, 0.1) is 5.69 Å². The van der Waals surface area contributed by atoms with Gasteiger partial charge < -0.3 is 11.1 Å². The van der Waals surface area contributed by atoms with E-state index in [1.165, 1.54) is 5.56 Å². The van der Waals surface area contributed by atoms with Crippen LogP contribution < -0.4 is 11.1 Å². The molecule has 0 atom stereocenters. The van der Waals surface area contributed by atoms with Crippen LogP contribution in [0.1, 0.15) is 35.5 Å². The van der Waals surface area contributed by atoms with Crippen molar-refractivity contribution in [2.75, 3.05) is 0 Å². The number of nitrogens with zero attached hydrogens (tertiary/aromatic N) is 2. The zero-order chi connectivity index (χ0) is 14.7. The van der Waals surface area contributed by atoms with Crippen molar-refractivity contribution in [3.8, 4) is 5.69 Å². The van der Waals surface area contributed by atoms with E-state index in [1.54, 1.807) is 16.9 Å². The minimum absolute atomic E-state index is 0.273. The molecule has 20 heavy (non-hydrogen) atoms. The van der Waals surface area contributed by atoms with Crippen molar-refractivity contribution in [2.45, 2.75) is 33.4 Å². The summed E-state index contributed by atoms with van der Waals surface area (Å²) in [7, 11) is 0. The Morgan fingerprint density at radius 1 is 1.40 bits per heavy atom. The first-order valence-electron chi connectivity index (χ1n) is 6.66. The number of carbonyl (C=O) groups excluding carboxylic acids is 1. The molecule has 1 aromatic heterocycles. The monoisotopic (exact) mass is 272 g/mol. The second-order valence-corrected chi connectivity index (χ2v) is 5.17. The first kappa shape index (κ1) is 14.3. The van der Waals surface area contributed by atoms with Crippen LogP contribution in [0.3, 0.4) is 0 Å². The zero-order valence-electron chi connectivity index (χ0n) is 12.1. The number of hydrogen-bond donors (Lipinski definition) is 2. The molecule has 106 valence electrons. The van der Waals surface area contributed by atoms with Gasteiger partial charge in [-0.25, -0.2) is 4.68 Å². The molecule has 0 fully saturated rings. The number of hydrogen-bond acceptors (Lipinski definition) is 3. The Balaban J connectivity index is 2.29. The molecule has 0 aliphatic heterocycles. The van der Waals surface area contributed by atoms with Crippen molar-refractivity contribution < 1.29 is 4.79 Å². The second-order valence-electron chi connectivity index (χ2n) is 5.17. The fourth-order valence-electron chi connectivity index (χ4n) is 1.92. The lowest BCUT2D eigenvalue weighted by molar-refractivity contribution is 0.0995. The summed E-state index contributed by atoms with van der Waals surface area (Å²) in [5.74, 6) is -0.515. The third-order valence-electron chi connectivity index (χ3n) is 3.08. The summed E-state index contributed by atoms with van der Waals surface area (Å²) in [6, 6.07) is 8.28. The SMILES string of the molecule is Cc1ccc(CNC(C)C)cc1-n1ccc(C(N)=O)n1. The number of aryl methyl sites for hydroxylation is 1. The van der Waals surface area contributed by atoms with Gasteiger partial charge in [0.25, 0.3) is 5.91 Å². The van der Waals surface area contributed by atoms with E-state index >= 15 is 0 Å². The summed E-state index contributed by atoms with van der Waals surface area (Å²) in [5.41, 5.74) is 8.73. The van der Waals surface area contributed by atoms with E-state index in [0.29, 0.717) is 6.04 Å². The van der Waals surface area contributed by atoms with Gasteiger partial charge in [-0.05, 0) is 30.2 Å². The average Bonchev–Trinajstić information content (AvgIpc) is 2.87. The average molecular weight is 272 g/mol. The molecular formula is C15H20N4O. The van der Waals surface area contributed by atoms with Gasteiger partial charge in [0.15, 0.2) is 0 Å². The molecule has 1 aromatic carbocycles. The number of carbonyl (C=O) groups is 1. The molecule has 5 heteroatoms. The highest BCUT2D eigenvalue weighted by Gasteiger charge is 2.08. The Morgan fingerprint density at radius 2 is 2.15 bits per heavy atom. The molecule has 0 bridgehead atoms. The Morgan fingerprint density at radius 3 is 2.75 bits per heavy atom. The van der Waals surface area contributed by atoms with Crippen LogP contribution in [0.25, 0.3) is 5.69 Å². The van der Waals surface area contributed by atoms with Crippen LogP contribution in [0, 0.1) is 6.92 Å². The zero-order valence-corrected chi connectivity index (χ0v) is 12.1. The van der Waals surface area contributed by atoms with E-state index in [1.807, 2.05) is 6.92 Å². The number of aromatic nitrogens is 2. The summed E-state index contributed by atoms with van der Waals surface area (Å²) < 4.78 is 1.69. The first-order valence-corrected chi connectivity index (χ1v) is 6.66. The molecule has 0 spiro atoms. The van der Waals surface area contributed by atoms with E-state index in [9.17, 15) is 4.79 Å². The van der Waals surface area contributed by atoms with Gasteiger partial charge in [-0.15, -0.1) is 0 Å². The smallest absolute Gasteiger partial charge is 0.269 e. The van der Waals surface area contributed by atoms with Crippen LogP contribution in [0.15, 0.2) is 30.5 Å². The molecule has 3 N–H and O–H groups in total. The summed E-state index contributed by atoms with van der Waals surface area (Å²) in [6.45, 7) is 7.04. The first-order chi connectivity index (χ1) is 9.47. The van der Waals surface area contributed by atoms with Crippen molar-refractivity contribution in [1.82, 2.24) is 15.1 Å². The quantitative estimate of drug-likeness (QED) is 0.871. The van der Waals surface area contributed by atoms with Crippen LogP contribution >= 0.6 is 0 Å². The lowest BCUT2D eigenvalue weighted by atomic mass is 10.1. The van der Waals surface area contributed by atoms with Gasteiger partial charge in [0.2, 0.25) is 0 Å². The van der Waals surface area contributed by atoms with Gasteiger partial charge in [-0.2, -0.15) is 5.10 Å². The Hall–Kier alpha value is -2.14. The number of nitrogens with one attached hydrogen (secondary N) is 1. The molecule has 0 unspecified atom stereocenters. The molecule has 0 saturated carbocycles. The third-order valence-corrected chi connectivity index (χ3v) is 3.08. The van der Waals surface area contributed by atoms with Crippen molar-refractivity contribution in [3.05, 3.63) is 47.3 Å². The standard InChI is InChI=1S/C15H20N4O/c1-10(2)17-9-12-5-4-11(3)14(8-12)19-7-6-13(18-19)15(16)20/h4-8,10,17H,9H2,1-3H3,(H2,16,20). The maximum absolute atomic E-state index is 11.1. The van der Waals surface area contributed by atoms with Crippen molar-refractivity contribution in [2.24, 2.45) is 5.73 Å². The molecule has 2 aromatic rings. The van der Waals surface area contributed by atoms with Crippen LogP contribution in [0.2, 0.25) is 0 Å². The number of benzene rings is 1. The maximum Gasteiger partial charge on any atom is 0.269 e. The molecule has 0 aliphatic rings. The molecule has 0 radical (unpaired) electrons. The van der Waals surface area contributed by atoms with E-state index in [2.05, 4.69) is 42.5 Å². The molecule has 0 saturated heterocycles. The lowest BCUT2D eigenvalue weighted by Gasteiger charge is -2.11. The highest BCUT2D eigenvalue weighted by atomic mass is 16.1. The Kier molecular flexibility index (Phi) is 4.20. The Bertz CT molecular complexity index is 616. The maximum atomic E-state index is 11.1. The van der Waals surface area contributed by atoms with E-state index in [0.717, 1.165) is 17.8 Å². The summed E-state index contributed by atoms with van der Waals surface area (Å²) >= 11 is 0. The van der Waals surface area contributed by atoms with Crippen molar-refractivity contribution in [1.29, 1.82) is 0 Å². The van der Waals surface area contributed by atoms with Crippen molar-refractivity contribution >= 4 is 5.91 Å². The van der Waals surface area contributed by atoms with Gasteiger partial charge >= 0.3 is 0 Å². The van der Waals surface area contributed by atoms with Crippen molar-refractivity contribution in [3.63, 3.8) is 0 Å². The van der Waals surface area contributed by atoms with Gasteiger partial charge in [-0.3, -0.25) is 4.79 Å². The molecule has 0 aliphatic carbocycles. The highest BCUT2D eigenvalue weighted by Crippen LogP contribution is 2.16. The molecule has 5 nitrogen and oxygen atoms in total. The minimum atomic E-state index is -0.515. The molecule has 1 amide bonds. The highest BCUT2D eigenvalue weighted by molar-refractivity contribution is 5.90. The summed E-state index contributed by atoms with van der Waals surface area (Å²) in [4.78, 5) is 11.1. The molecule has 2 rings (SSSR count). The summed E-state index contributed by atoms with van der Waals surface area (Å²) in [5, 5.41) is 7.58. The van der Waals surface area contributed by atoms with Crippen LogP contribution in [-0.4, -0.2) is 21.7 Å². The molecule has 1 heterocycles. The van der Waals surface area contributed by atoms with Crippen LogP contribution in [0.4, 0.5) is 0 Å².